The van der Waals surface area contributed by atoms with Gasteiger partial charge in [-0.2, -0.15) is 4.98 Å². The van der Waals surface area contributed by atoms with Crippen molar-refractivity contribution in [3.63, 3.8) is 0 Å². The van der Waals surface area contributed by atoms with Crippen LogP contribution in [0.4, 0.5) is 5.69 Å². The Kier molecular flexibility index (Phi) is 5.31. The summed E-state index contributed by atoms with van der Waals surface area (Å²) in [6.07, 6.45) is 1.67. The molecule has 1 aromatic carbocycles. The van der Waals surface area contributed by atoms with Gasteiger partial charge in [-0.05, 0) is 55.9 Å². The summed E-state index contributed by atoms with van der Waals surface area (Å²) in [4.78, 5) is 20.3. The highest BCUT2D eigenvalue weighted by Gasteiger charge is 2.26. The van der Waals surface area contributed by atoms with E-state index in [9.17, 15) is 4.79 Å². The van der Waals surface area contributed by atoms with Gasteiger partial charge in [0.2, 0.25) is 17.6 Å². The number of rotatable bonds is 5. The molecule has 6 nitrogen and oxygen atoms in total. The first-order valence-corrected chi connectivity index (χ1v) is 10.0. The SMILES string of the molecule is Cc1ccccc1NC(=O)C1CCN(Cc2nc(-c3cccs3)no2)CC1. The predicted molar refractivity (Wildman–Crippen MR) is 105 cm³/mol. The Hall–Kier alpha value is -2.51. The fraction of sp³-hybridized carbons (Fsp3) is 0.350. The molecule has 1 aliphatic rings. The number of aromatic nitrogens is 2. The molecule has 0 bridgehead atoms. The van der Waals surface area contributed by atoms with E-state index >= 15 is 0 Å². The van der Waals surface area contributed by atoms with E-state index in [1.54, 1.807) is 11.3 Å². The van der Waals surface area contributed by atoms with Gasteiger partial charge in [-0.25, -0.2) is 0 Å². The van der Waals surface area contributed by atoms with Crippen molar-refractivity contribution in [1.82, 2.24) is 15.0 Å². The lowest BCUT2D eigenvalue weighted by molar-refractivity contribution is -0.121. The van der Waals surface area contributed by atoms with E-state index < -0.39 is 0 Å². The number of carbonyl (C=O) groups is 1. The zero-order valence-corrected chi connectivity index (χ0v) is 16.0. The van der Waals surface area contributed by atoms with Crippen LogP contribution in [-0.4, -0.2) is 34.0 Å². The van der Waals surface area contributed by atoms with Crippen molar-refractivity contribution in [2.45, 2.75) is 26.3 Å². The number of hydrogen-bond donors (Lipinski definition) is 1. The van der Waals surface area contributed by atoms with E-state index in [1.165, 1.54) is 0 Å². The Morgan fingerprint density at radius 1 is 1.26 bits per heavy atom. The maximum absolute atomic E-state index is 12.6. The van der Waals surface area contributed by atoms with E-state index in [1.807, 2.05) is 48.7 Å². The molecule has 140 valence electrons. The van der Waals surface area contributed by atoms with Crippen LogP contribution in [0.5, 0.6) is 0 Å². The van der Waals surface area contributed by atoms with E-state index in [-0.39, 0.29) is 11.8 Å². The summed E-state index contributed by atoms with van der Waals surface area (Å²) in [6, 6.07) is 11.8. The third-order valence-electron chi connectivity index (χ3n) is 4.93. The van der Waals surface area contributed by atoms with Crippen LogP contribution in [0.2, 0.25) is 0 Å². The first-order chi connectivity index (χ1) is 13.2. The van der Waals surface area contributed by atoms with E-state index in [0.717, 1.165) is 42.1 Å². The van der Waals surface area contributed by atoms with Gasteiger partial charge in [-0.1, -0.05) is 29.4 Å². The lowest BCUT2D eigenvalue weighted by atomic mass is 9.95. The second-order valence-corrected chi connectivity index (χ2v) is 7.79. The van der Waals surface area contributed by atoms with Crippen molar-refractivity contribution in [3.05, 3.63) is 53.2 Å². The van der Waals surface area contributed by atoms with Crippen LogP contribution in [0.15, 0.2) is 46.3 Å². The average molecular weight is 382 g/mol. The Bertz CT molecular complexity index is 898. The summed E-state index contributed by atoms with van der Waals surface area (Å²) in [6.45, 7) is 4.34. The number of nitrogens with zero attached hydrogens (tertiary/aromatic N) is 3. The molecular weight excluding hydrogens is 360 g/mol. The molecule has 2 aromatic heterocycles. The molecule has 1 saturated heterocycles. The molecule has 4 rings (SSSR count). The number of benzene rings is 1. The molecule has 0 radical (unpaired) electrons. The first kappa shape index (κ1) is 17.9. The summed E-state index contributed by atoms with van der Waals surface area (Å²) >= 11 is 1.60. The molecule has 3 aromatic rings. The van der Waals surface area contributed by atoms with Crippen molar-refractivity contribution in [1.29, 1.82) is 0 Å². The minimum absolute atomic E-state index is 0.0465. The fourth-order valence-corrected chi connectivity index (χ4v) is 3.97. The lowest BCUT2D eigenvalue weighted by Crippen LogP contribution is -2.37. The molecule has 27 heavy (non-hydrogen) atoms. The predicted octanol–water partition coefficient (Wildman–Crippen LogP) is 3.96. The highest BCUT2D eigenvalue weighted by molar-refractivity contribution is 7.13. The van der Waals surface area contributed by atoms with Gasteiger partial charge in [0, 0.05) is 11.6 Å². The van der Waals surface area contributed by atoms with Crippen LogP contribution >= 0.6 is 11.3 Å². The van der Waals surface area contributed by atoms with Gasteiger partial charge in [0.25, 0.3) is 0 Å². The molecule has 1 aliphatic heterocycles. The Morgan fingerprint density at radius 2 is 2.07 bits per heavy atom. The van der Waals surface area contributed by atoms with Crippen LogP contribution in [0.1, 0.15) is 24.3 Å². The number of amides is 1. The number of piperidine rings is 1. The summed E-state index contributed by atoms with van der Waals surface area (Å²) < 4.78 is 5.38. The highest BCUT2D eigenvalue weighted by atomic mass is 32.1. The Morgan fingerprint density at radius 3 is 2.81 bits per heavy atom. The lowest BCUT2D eigenvalue weighted by Gasteiger charge is -2.30. The topological polar surface area (TPSA) is 71.3 Å². The van der Waals surface area contributed by atoms with Gasteiger partial charge in [0.15, 0.2) is 0 Å². The summed E-state index contributed by atoms with van der Waals surface area (Å²) in [5.41, 5.74) is 1.98. The molecule has 1 fully saturated rings. The molecule has 0 atom stereocenters. The van der Waals surface area contributed by atoms with Crippen LogP contribution < -0.4 is 5.32 Å². The maximum Gasteiger partial charge on any atom is 0.241 e. The minimum Gasteiger partial charge on any atom is -0.338 e. The molecule has 1 N–H and O–H groups in total. The number of likely N-dealkylation sites (tertiary alicyclic amines) is 1. The van der Waals surface area contributed by atoms with Gasteiger partial charge >= 0.3 is 0 Å². The standard InChI is InChI=1S/C20H22N4O2S/c1-14-5-2-3-6-16(14)21-20(25)15-8-10-24(11-9-15)13-18-22-19(23-26-18)17-7-4-12-27-17/h2-7,12,15H,8-11,13H2,1H3,(H,21,25). The molecule has 1 amide bonds. The maximum atomic E-state index is 12.6. The van der Waals surface area contributed by atoms with Gasteiger partial charge < -0.3 is 9.84 Å². The molecule has 3 heterocycles. The van der Waals surface area contributed by atoms with Crippen molar-refractivity contribution in [2.75, 3.05) is 18.4 Å². The highest BCUT2D eigenvalue weighted by Crippen LogP contribution is 2.24. The molecule has 0 unspecified atom stereocenters. The van der Waals surface area contributed by atoms with Crippen LogP contribution in [0, 0.1) is 12.8 Å². The molecule has 0 saturated carbocycles. The number of hydrogen-bond acceptors (Lipinski definition) is 6. The number of aryl methyl sites for hydroxylation is 1. The smallest absolute Gasteiger partial charge is 0.241 e. The third kappa shape index (κ3) is 4.26. The normalized spacial score (nSPS) is 15.7. The number of anilines is 1. The van der Waals surface area contributed by atoms with E-state index in [4.69, 9.17) is 4.52 Å². The minimum atomic E-state index is 0.0465. The van der Waals surface area contributed by atoms with Gasteiger partial charge in [-0.15, -0.1) is 11.3 Å². The zero-order valence-electron chi connectivity index (χ0n) is 15.2. The molecular formula is C20H22N4O2S. The summed E-state index contributed by atoms with van der Waals surface area (Å²) in [7, 11) is 0. The number of nitrogens with one attached hydrogen (secondary N) is 1. The van der Waals surface area contributed by atoms with Crippen molar-refractivity contribution >= 4 is 22.9 Å². The van der Waals surface area contributed by atoms with Crippen molar-refractivity contribution in [2.24, 2.45) is 5.92 Å². The third-order valence-corrected chi connectivity index (χ3v) is 5.80. The summed E-state index contributed by atoms with van der Waals surface area (Å²) in [5.74, 6) is 1.43. The second-order valence-electron chi connectivity index (χ2n) is 6.84. The Labute approximate surface area is 162 Å². The summed E-state index contributed by atoms with van der Waals surface area (Å²) in [5, 5.41) is 9.12. The van der Waals surface area contributed by atoms with Crippen LogP contribution in [0.25, 0.3) is 10.7 Å². The largest absolute Gasteiger partial charge is 0.338 e. The number of para-hydroxylation sites is 1. The van der Waals surface area contributed by atoms with Crippen LogP contribution in [0.3, 0.4) is 0 Å². The van der Waals surface area contributed by atoms with Gasteiger partial charge in [0.05, 0.1) is 11.4 Å². The van der Waals surface area contributed by atoms with Crippen LogP contribution in [-0.2, 0) is 11.3 Å². The quantitative estimate of drug-likeness (QED) is 0.723. The molecule has 7 heteroatoms. The average Bonchev–Trinajstić information content (AvgIpc) is 3.36. The number of carbonyl (C=O) groups excluding carboxylic acids is 1. The van der Waals surface area contributed by atoms with E-state index in [0.29, 0.717) is 18.3 Å². The second kappa shape index (κ2) is 8.02. The molecule has 0 aliphatic carbocycles. The van der Waals surface area contributed by atoms with Gasteiger partial charge in [0.1, 0.15) is 0 Å². The first-order valence-electron chi connectivity index (χ1n) is 9.14. The van der Waals surface area contributed by atoms with Gasteiger partial charge in [-0.3, -0.25) is 9.69 Å². The Balaban J connectivity index is 1.29. The fourth-order valence-electron chi connectivity index (χ4n) is 3.32. The number of thiophene rings is 1. The van der Waals surface area contributed by atoms with E-state index in [2.05, 4.69) is 20.4 Å². The van der Waals surface area contributed by atoms with Crippen molar-refractivity contribution in [3.8, 4) is 10.7 Å². The van der Waals surface area contributed by atoms with Crippen molar-refractivity contribution < 1.29 is 9.32 Å². The zero-order chi connectivity index (χ0) is 18.6. The molecule has 0 spiro atoms. The monoisotopic (exact) mass is 382 g/mol.